The highest BCUT2D eigenvalue weighted by molar-refractivity contribution is 5.88. The molecular weight excluding hydrogens is 325 g/mol. The summed E-state index contributed by atoms with van der Waals surface area (Å²) in [5, 5.41) is 1.02. The summed E-state index contributed by atoms with van der Waals surface area (Å²) in [6, 6.07) is 9.02. The molecule has 0 amide bonds. The minimum Gasteiger partial charge on any atom is -0.320 e. The first-order chi connectivity index (χ1) is 11.2. The molecule has 0 fully saturated rings. The normalized spacial score (nSPS) is 14.8. The van der Waals surface area contributed by atoms with Crippen molar-refractivity contribution >= 4 is 35.6 Å². The van der Waals surface area contributed by atoms with E-state index in [1.807, 2.05) is 18.2 Å². The Labute approximate surface area is 146 Å². The molecule has 0 unspecified atom stereocenters. The maximum Gasteiger partial charge on any atom is 0.123 e. The Morgan fingerprint density at radius 1 is 1.17 bits per heavy atom. The Kier molecular flexibility index (Phi) is 4.69. The van der Waals surface area contributed by atoms with Crippen LogP contribution in [0.4, 0.5) is 4.39 Å². The van der Waals surface area contributed by atoms with Crippen LogP contribution in [0, 0.1) is 5.82 Å². The van der Waals surface area contributed by atoms with Gasteiger partial charge in [-0.1, -0.05) is 0 Å². The number of nitrogens with zero attached hydrogens (tertiary/aromatic N) is 3. The molecule has 0 N–H and O–H groups in total. The van der Waals surface area contributed by atoms with Gasteiger partial charge < -0.3 is 9.47 Å². The number of halogens is 2. The molecule has 1 aromatic carbocycles. The van der Waals surface area contributed by atoms with Gasteiger partial charge in [0.05, 0.1) is 5.52 Å². The minimum atomic E-state index is -0.177. The average Bonchev–Trinajstić information content (AvgIpc) is 2.86. The molecule has 0 bridgehead atoms. The van der Waals surface area contributed by atoms with Crippen LogP contribution in [0.15, 0.2) is 42.7 Å². The van der Waals surface area contributed by atoms with E-state index in [-0.39, 0.29) is 18.2 Å². The van der Waals surface area contributed by atoms with Gasteiger partial charge in [0.15, 0.2) is 0 Å². The number of hydrogen-bond donors (Lipinski definition) is 0. The van der Waals surface area contributed by atoms with Gasteiger partial charge in [0.2, 0.25) is 0 Å². The highest BCUT2D eigenvalue weighted by Gasteiger charge is 2.21. The summed E-state index contributed by atoms with van der Waals surface area (Å²) in [7, 11) is 2.11. The molecule has 5 heteroatoms. The number of fused-ring (bicyclic) bond motifs is 3. The summed E-state index contributed by atoms with van der Waals surface area (Å²) >= 11 is 0. The number of aromatic nitrogens is 2. The van der Waals surface area contributed by atoms with Crippen LogP contribution in [0.5, 0.6) is 0 Å². The van der Waals surface area contributed by atoms with Gasteiger partial charge in [-0.2, -0.15) is 0 Å². The van der Waals surface area contributed by atoms with Crippen molar-refractivity contribution in [2.45, 2.75) is 13.0 Å². The fraction of sp³-hybridized carbons (Fsp3) is 0.211. The van der Waals surface area contributed by atoms with E-state index in [9.17, 15) is 4.39 Å². The van der Waals surface area contributed by atoms with Crippen molar-refractivity contribution in [2.75, 3.05) is 13.6 Å². The van der Waals surface area contributed by atoms with E-state index >= 15 is 0 Å². The SMILES string of the molecule is CN1CCc2c(c3cc(F)ccc3n2/C=C/c2ccncc2)C1.Cl. The molecule has 3 heterocycles. The van der Waals surface area contributed by atoms with Crippen molar-refractivity contribution in [3.63, 3.8) is 0 Å². The van der Waals surface area contributed by atoms with Crippen LogP contribution in [0.3, 0.4) is 0 Å². The molecule has 3 nitrogen and oxygen atoms in total. The predicted octanol–water partition coefficient (Wildman–Crippen LogP) is 4.21. The summed E-state index contributed by atoms with van der Waals surface area (Å²) in [6.07, 6.45) is 8.70. The first-order valence-electron chi connectivity index (χ1n) is 7.80. The second kappa shape index (κ2) is 6.75. The molecule has 0 atom stereocenters. The summed E-state index contributed by atoms with van der Waals surface area (Å²) in [6.45, 7) is 1.89. The van der Waals surface area contributed by atoms with Crippen LogP contribution < -0.4 is 0 Å². The van der Waals surface area contributed by atoms with Crippen molar-refractivity contribution in [1.29, 1.82) is 0 Å². The Balaban J connectivity index is 0.00000169. The quantitative estimate of drug-likeness (QED) is 0.695. The lowest BCUT2D eigenvalue weighted by Crippen LogP contribution is -2.26. The van der Waals surface area contributed by atoms with Crippen molar-refractivity contribution < 1.29 is 4.39 Å². The Bertz CT molecular complexity index is 887. The van der Waals surface area contributed by atoms with E-state index in [4.69, 9.17) is 0 Å². The largest absolute Gasteiger partial charge is 0.320 e. The molecule has 4 rings (SSSR count). The Hall–Kier alpha value is -2.17. The van der Waals surface area contributed by atoms with Gasteiger partial charge in [-0.15, -0.1) is 12.4 Å². The van der Waals surface area contributed by atoms with E-state index in [0.29, 0.717) is 0 Å². The molecular formula is C19H19ClFN3. The van der Waals surface area contributed by atoms with Gasteiger partial charge >= 0.3 is 0 Å². The summed E-state index contributed by atoms with van der Waals surface area (Å²) in [5.74, 6) is -0.177. The molecule has 1 aliphatic rings. The molecule has 0 saturated carbocycles. The van der Waals surface area contributed by atoms with Crippen LogP contribution in [-0.2, 0) is 13.0 Å². The number of pyridine rings is 1. The Morgan fingerprint density at radius 3 is 2.75 bits per heavy atom. The molecule has 1 aliphatic heterocycles. The van der Waals surface area contributed by atoms with Gasteiger partial charge in [-0.05, 0) is 54.6 Å². The third kappa shape index (κ3) is 2.95. The van der Waals surface area contributed by atoms with Crippen molar-refractivity contribution in [3.05, 3.63) is 65.4 Å². The molecule has 0 aliphatic carbocycles. The lowest BCUT2D eigenvalue weighted by molar-refractivity contribution is 0.312. The molecule has 0 radical (unpaired) electrons. The maximum absolute atomic E-state index is 13.7. The average molecular weight is 344 g/mol. The second-order valence-electron chi connectivity index (χ2n) is 6.04. The summed E-state index contributed by atoms with van der Waals surface area (Å²) < 4.78 is 15.9. The predicted molar refractivity (Wildman–Crippen MR) is 98.6 cm³/mol. The maximum atomic E-state index is 13.7. The van der Waals surface area contributed by atoms with Crippen LogP contribution in [-0.4, -0.2) is 28.0 Å². The fourth-order valence-corrected chi connectivity index (χ4v) is 3.31. The van der Waals surface area contributed by atoms with E-state index in [2.05, 4.69) is 33.8 Å². The molecule has 0 spiro atoms. The van der Waals surface area contributed by atoms with Gasteiger partial charge in [0, 0.05) is 49.2 Å². The Morgan fingerprint density at radius 2 is 1.96 bits per heavy atom. The zero-order valence-corrected chi connectivity index (χ0v) is 14.3. The van der Waals surface area contributed by atoms with Crippen molar-refractivity contribution in [3.8, 4) is 0 Å². The first kappa shape index (κ1) is 16.7. The van der Waals surface area contributed by atoms with E-state index in [0.717, 1.165) is 36.0 Å². The zero-order valence-electron chi connectivity index (χ0n) is 13.4. The number of hydrogen-bond acceptors (Lipinski definition) is 2. The van der Waals surface area contributed by atoms with Crippen molar-refractivity contribution in [1.82, 2.24) is 14.5 Å². The third-order valence-electron chi connectivity index (χ3n) is 4.46. The lowest BCUT2D eigenvalue weighted by Gasteiger charge is -2.23. The highest BCUT2D eigenvalue weighted by atomic mass is 35.5. The number of rotatable bonds is 2. The standard InChI is InChI=1S/C19H18FN3.ClH/c1-22-10-7-19-17(13-22)16-12-15(20)2-3-18(16)23(19)11-6-14-4-8-21-9-5-14;/h2-6,8-9,11-12H,7,10,13H2,1H3;1H/b11-6+;. The van der Waals surface area contributed by atoms with Crippen LogP contribution in [0.1, 0.15) is 16.8 Å². The topological polar surface area (TPSA) is 21.1 Å². The summed E-state index contributed by atoms with van der Waals surface area (Å²) in [4.78, 5) is 6.32. The van der Waals surface area contributed by atoms with Crippen molar-refractivity contribution in [2.24, 2.45) is 0 Å². The van der Waals surface area contributed by atoms with Gasteiger partial charge in [0.1, 0.15) is 5.82 Å². The van der Waals surface area contributed by atoms with Crippen LogP contribution in [0.25, 0.3) is 23.2 Å². The third-order valence-corrected chi connectivity index (χ3v) is 4.46. The summed E-state index contributed by atoms with van der Waals surface area (Å²) in [5.41, 5.74) is 4.70. The minimum absolute atomic E-state index is 0. The van der Waals surface area contributed by atoms with E-state index < -0.39 is 0 Å². The zero-order chi connectivity index (χ0) is 15.8. The first-order valence-corrected chi connectivity index (χ1v) is 7.80. The number of benzene rings is 1. The number of likely N-dealkylation sites (N-methyl/N-ethyl adjacent to an activating group) is 1. The van der Waals surface area contributed by atoms with E-state index in [1.54, 1.807) is 18.5 Å². The lowest BCUT2D eigenvalue weighted by atomic mass is 10.1. The highest BCUT2D eigenvalue weighted by Crippen LogP contribution is 2.31. The second-order valence-corrected chi connectivity index (χ2v) is 6.04. The van der Waals surface area contributed by atoms with Gasteiger partial charge in [0.25, 0.3) is 0 Å². The molecule has 124 valence electrons. The monoisotopic (exact) mass is 343 g/mol. The molecule has 2 aromatic heterocycles. The smallest absolute Gasteiger partial charge is 0.123 e. The van der Waals surface area contributed by atoms with Crippen LogP contribution >= 0.6 is 12.4 Å². The molecule has 0 saturated heterocycles. The molecule has 3 aromatic rings. The van der Waals surface area contributed by atoms with E-state index in [1.165, 1.54) is 17.3 Å². The van der Waals surface area contributed by atoms with Gasteiger partial charge in [-0.3, -0.25) is 4.98 Å². The fourth-order valence-electron chi connectivity index (χ4n) is 3.31. The van der Waals surface area contributed by atoms with Crippen LogP contribution in [0.2, 0.25) is 0 Å². The van der Waals surface area contributed by atoms with Gasteiger partial charge in [-0.25, -0.2) is 4.39 Å². The molecule has 24 heavy (non-hydrogen) atoms.